The number of ether oxygens (including phenoxy) is 1. The summed E-state index contributed by atoms with van der Waals surface area (Å²) in [5, 5.41) is 2.96. The molecule has 1 amide bonds. The first-order valence-electron chi connectivity index (χ1n) is 9.43. The van der Waals surface area contributed by atoms with Crippen molar-refractivity contribution in [1.29, 1.82) is 0 Å². The van der Waals surface area contributed by atoms with Gasteiger partial charge in [0.05, 0.1) is 12.8 Å². The Morgan fingerprint density at radius 1 is 1.14 bits per heavy atom. The SMILES string of the molecule is COc1ccc(C)cc1NC(=O)c1ccnc(N2CCCc3ccccc32)c1. The van der Waals surface area contributed by atoms with E-state index in [1.807, 2.05) is 37.3 Å². The Kier molecular flexibility index (Phi) is 4.98. The first-order valence-corrected chi connectivity index (χ1v) is 9.43. The molecule has 5 heteroatoms. The molecule has 2 aromatic carbocycles. The Bertz CT molecular complexity index is 1020. The van der Waals surface area contributed by atoms with E-state index in [-0.39, 0.29) is 5.91 Å². The fourth-order valence-electron chi connectivity index (χ4n) is 3.59. The summed E-state index contributed by atoms with van der Waals surface area (Å²) >= 11 is 0. The molecule has 0 fully saturated rings. The lowest BCUT2D eigenvalue weighted by Gasteiger charge is -2.30. The molecule has 3 aromatic rings. The van der Waals surface area contributed by atoms with Crippen molar-refractivity contribution in [3.8, 4) is 5.75 Å². The van der Waals surface area contributed by atoms with Crippen molar-refractivity contribution in [1.82, 2.24) is 4.98 Å². The summed E-state index contributed by atoms with van der Waals surface area (Å²) in [4.78, 5) is 19.6. The normalized spacial score (nSPS) is 13.0. The van der Waals surface area contributed by atoms with Crippen LogP contribution in [0, 0.1) is 6.92 Å². The van der Waals surface area contributed by atoms with Gasteiger partial charge in [-0.3, -0.25) is 4.79 Å². The second kappa shape index (κ2) is 7.72. The molecule has 1 aliphatic rings. The number of methoxy groups -OCH3 is 1. The highest BCUT2D eigenvalue weighted by Gasteiger charge is 2.20. The number of aryl methyl sites for hydroxylation is 2. The highest BCUT2D eigenvalue weighted by Crippen LogP contribution is 2.32. The van der Waals surface area contributed by atoms with Gasteiger partial charge < -0.3 is 15.0 Å². The second-order valence-electron chi connectivity index (χ2n) is 6.94. The molecule has 0 atom stereocenters. The van der Waals surface area contributed by atoms with Crippen LogP contribution in [-0.2, 0) is 6.42 Å². The van der Waals surface area contributed by atoms with Crippen LogP contribution < -0.4 is 15.0 Å². The maximum absolute atomic E-state index is 12.9. The third-order valence-corrected chi connectivity index (χ3v) is 5.00. The predicted octanol–water partition coefficient (Wildman–Crippen LogP) is 4.74. The number of aromatic nitrogens is 1. The molecule has 2 heterocycles. The van der Waals surface area contributed by atoms with E-state index in [2.05, 4.69) is 33.4 Å². The van der Waals surface area contributed by atoms with Gasteiger partial charge in [0.25, 0.3) is 5.91 Å². The minimum atomic E-state index is -0.183. The van der Waals surface area contributed by atoms with Gasteiger partial charge in [-0.2, -0.15) is 0 Å². The van der Waals surface area contributed by atoms with Crippen molar-refractivity contribution in [2.45, 2.75) is 19.8 Å². The third kappa shape index (κ3) is 3.56. The summed E-state index contributed by atoms with van der Waals surface area (Å²) < 4.78 is 5.36. The summed E-state index contributed by atoms with van der Waals surface area (Å²) in [5.74, 6) is 1.24. The van der Waals surface area contributed by atoms with Crippen LogP contribution in [0.1, 0.15) is 27.9 Å². The van der Waals surface area contributed by atoms with Crippen molar-refractivity contribution < 1.29 is 9.53 Å². The topological polar surface area (TPSA) is 54.5 Å². The molecule has 0 aliphatic carbocycles. The Labute approximate surface area is 165 Å². The Balaban J connectivity index is 1.61. The minimum Gasteiger partial charge on any atom is -0.495 e. The van der Waals surface area contributed by atoms with Gasteiger partial charge in [-0.15, -0.1) is 0 Å². The number of para-hydroxylation sites is 1. The van der Waals surface area contributed by atoms with E-state index in [1.165, 1.54) is 11.3 Å². The summed E-state index contributed by atoms with van der Waals surface area (Å²) in [5.41, 5.74) is 4.76. The molecule has 4 rings (SSSR count). The molecule has 28 heavy (non-hydrogen) atoms. The van der Waals surface area contributed by atoms with E-state index in [0.29, 0.717) is 17.0 Å². The Hall–Kier alpha value is -3.34. The quantitative estimate of drug-likeness (QED) is 0.718. The summed E-state index contributed by atoms with van der Waals surface area (Å²) in [6.45, 7) is 2.87. The Morgan fingerprint density at radius 3 is 2.86 bits per heavy atom. The van der Waals surface area contributed by atoms with E-state index in [9.17, 15) is 4.79 Å². The first kappa shape index (κ1) is 18.0. The van der Waals surface area contributed by atoms with E-state index in [4.69, 9.17) is 4.74 Å². The Morgan fingerprint density at radius 2 is 2.00 bits per heavy atom. The van der Waals surface area contributed by atoms with Gasteiger partial charge in [0.2, 0.25) is 0 Å². The lowest BCUT2D eigenvalue weighted by molar-refractivity contribution is 0.102. The molecular formula is C23H23N3O2. The number of benzene rings is 2. The smallest absolute Gasteiger partial charge is 0.255 e. The van der Waals surface area contributed by atoms with Crippen LogP contribution in [0.3, 0.4) is 0 Å². The molecule has 5 nitrogen and oxygen atoms in total. The number of carbonyl (C=O) groups is 1. The molecule has 1 aliphatic heterocycles. The molecule has 0 spiro atoms. The number of fused-ring (bicyclic) bond motifs is 1. The second-order valence-corrected chi connectivity index (χ2v) is 6.94. The van der Waals surface area contributed by atoms with Crippen molar-refractivity contribution in [2.24, 2.45) is 0 Å². The van der Waals surface area contributed by atoms with Crippen molar-refractivity contribution in [2.75, 3.05) is 23.9 Å². The number of pyridine rings is 1. The molecule has 0 unspecified atom stereocenters. The highest BCUT2D eigenvalue weighted by molar-refractivity contribution is 6.05. The van der Waals surface area contributed by atoms with Gasteiger partial charge >= 0.3 is 0 Å². The van der Waals surface area contributed by atoms with Gasteiger partial charge in [-0.05, 0) is 61.2 Å². The van der Waals surface area contributed by atoms with Gasteiger partial charge in [-0.1, -0.05) is 24.3 Å². The van der Waals surface area contributed by atoms with E-state index in [1.54, 1.807) is 19.4 Å². The lowest BCUT2D eigenvalue weighted by atomic mass is 10.0. The highest BCUT2D eigenvalue weighted by atomic mass is 16.5. The van der Waals surface area contributed by atoms with Crippen LogP contribution in [-0.4, -0.2) is 24.5 Å². The molecule has 1 aromatic heterocycles. The summed E-state index contributed by atoms with van der Waals surface area (Å²) in [6.07, 6.45) is 3.82. The zero-order valence-electron chi connectivity index (χ0n) is 16.1. The number of hydrogen-bond donors (Lipinski definition) is 1. The van der Waals surface area contributed by atoms with Crippen LogP contribution in [0.4, 0.5) is 17.2 Å². The fraction of sp³-hybridized carbons (Fsp3) is 0.217. The summed E-state index contributed by atoms with van der Waals surface area (Å²) in [6, 6.07) is 17.7. The molecule has 0 bridgehead atoms. The van der Waals surface area contributed by atoms with E-state index in [0.717, 1.165) is 30.8 Å². The third-order valence-electron chi connectivity index (χ3n) is 5.00. The standard InChI is InChI=1S/C23H23N3O2/c1-16-9-10-21(28-2)19(14-16)25-23(27)18-11-12-24-22(15-18)26-13-5-7-17-6-3-4-8-20(17)26/h3-4,6,8-12,14-15H,5,7,13H2,1-2H3,(H,25,27). The van der Waals surface area contributed by atoms with Gasteiger partial charge in [0, 0.05) is 24.0 Å². The van der Waals surface area contributed by atoms with Gasteiger partial charge in [0.1, 0.15) is 11.6 Å². The summed E-state index contributed by atoms with van der Waals surface area (Å²) in [7, 11) is 1.60. The predicted molar refractivity (Wildman–Crippen MR) is 112 cm³/mol. The van der Waals surface area contributed by atoms with Crippen molar-refractivity contribution in [3.63, 3.8) is 0 Å². The van der Waals surface area contributed by atoms with Crippen LogP contribution in [0.25, 0.3) is 0 Å². The number of carbonyl (C=O) groups excluding carboxylic acids is 1. The van der Waals surface area contributed by atoms with Crippen LogP contribution in [0.15, 0.2) is 60.8 Å². The van der Waals surface area contributed by atoms with Crippen LogP contribution >= 0.6 is 0 Å². The van der Waals surface area contributed by atoms with E-state index < -0.39 is 0 Å². The lowest BCUT2D eigenvalue weighted by Crippen LogP contribution is -2.25. The number of rotatable bonds is 4. The van der Waals surface area contributed by atoms with Crippen molar-refractivity contribution in [3.05, 3.63) is 77.5 Å². The molecule has 142 valence electrons. The number of amides is 1. The maximum atomic E-state index is 12.9. The molecular weight excluding hydrogens is 350 g/mol. The average Bonchev–Trinajstić information content (AvgIpc) is 2.73. The van der Waals surface area contributed by atoms with Gasteiger partial charge in [-0.25, -0.2) is 4.98 Å². The average molecular weight is 373 g/mol. The minimum absolute atomic E-state index is 0.183. The van der Waals surface area contributed by atoms with Crippen LogP contribution in [0.2, 0.25) is 0 Å². The fourth-order valence-corrected chi connectivity index (χ4v) is 3.59. The van der Waals surface area contributed by atoms with Crippen LogP contribution in [0.5, 0.6) is 5.75 Å². The molecule has 1 N–H and O–H groups in total. The monoisotopic (exact) mass is 373 g/mol. The molecule has 0 radical (unpaired) electrons. The number of anilines is 3. The van der Waals surface area contributed by atoms with E-state index >= 15 is 0 Å². The first-order chi connectivity index (χ1) is 13.7. The number of nitrogens with zero attached hydrogens (tertiary/aromatic N) is 2. The molecule has 0 saturated heterocycles. The van der Waals surface area contributed by atoms with Crippen molar-refractivity contribution >= 4 is 23.1 Å². The molecule has 0 saturated carbocycles. The zero-order chi connectivity index (χ0) is 19.5. The maximum Gasteiger partial charge on any atom is 0.255 e. The number of hydrogen-bond acceptors (Lipinski definition) is 4. The van der Waals surface area contributed by atoms with Gasteiger partial charge in [0.15, 0.2) is 0 Å². The largest absolute Gasteiger partial charge is 0.495 e. The number of nitrogens with one attached hydrogen (secondary N) is 1. The zero-order valence-corrected chi connectivity index (χ0v) is 16.1.